The van der Waals surface area contributed by atoms with E-state index in [1.807, 2.05) is 0 Å². The first-order valence-corrected chi connectivity index (χ1v) is 4.62. The van der Waals surface area contributed by atoms with Crippen LogP contribution in [0.5, 0.6) is 5.75 Å². The molecule has 0 heterocycles. The minimum atomic E-state index is -0.346. The molecule has 0 saturated carbocycles. The van der Waals surface area contributed by atoms with E-state index in [1.54, 1.807) is 0 Å². The van der Waals surface area contributed by atoms with Crippen LogP contribution in [0.15, 0.2) is 23.4 Å². The van der Waals surface area contributed by atoms with Gasteiger partial charge in [0.05, 0.1) is 12.8 Å². The highest BCUT2D eigenvalue weighted by Crippen LogP contribution is 2.29. The Bertz CT molecular complexity index is 382. The van der Waals surface area contributed by atoms with Gasteiger partial charge in [-0.2, -0.15) is 0 Å². The molecule has 0 radical (unpaired) electrons. The van der Waals surface area contributed by atoms with E-state index in [2.05, 4.69) is 10.5 Å². The van der Waals surface area contributed by atoms with Crippen molar-refractivity contribution in [2.75, 3.05) is 18.3 Å². The van der Waals surface area contributed by atoms with Crippen LogP contribution < -0.4 is 10.1 Å². The van der Waals surface area contributed by atoms with E-state index in [0.29, 0.717) is 11.4 Å². The number of anilines is 1. The van der Waals surface area contributed by atoms with Crippen molar-refractivity contribution in [2.45, 2.75) is 0 Å². The third-order valence-corrected chi connectivity index (χ3v) is 1.93. The maximum Gasteiger partial charge on any atom is 0.239 e. The Balaban J connectivity index is 2.97. The van der Waals surface area contributed by atoms with Crippen LogP contribution >= 0.6 is 11.6 Å². The lowest BCUT2D eigenvalue weighted by atomic mass is 10.2. The number of halogens is 1. The quantitative estimate of drug-likeness (QED) is 0.635. The molecular weight excluding hydrogens is 220 g/mol. The van der Waals surface area contributed by atoms with E-state index >= 15 is 0 Å². The second-order valence-corrected chi connectivity index (χ2v) is 2.92. The van der Waals surface area contributed by atoms with Crippen LogP contribution in [-0.4, -0.2) is 18.9 Å². The minimum Gasteiger partial charge on any atom is -0.494 e. The van der Waals surface area contributed by atoms with Crippen molar-refractivity contribution < 1.29 is 9.53 Å². The molecule has 0 unspecified atom stereocenters. The lowest BCUT2D eigenvalue weighted by molar-refractivity contribution is -0.113. The molecule has 0 saturated heterocycles. The molecule has 0 atom stereocenters. The Hall–Kier alpha value is -1.62. The summed E-state index contributed by atoms with van der Waals surface area (Å²) < 4.78 is 4.98. The molecule has 0 spiro atoms. The van der Waals surface area contributed by atoms with E-state index in [-0.39, 0.29) is 17.5 Å². The number of nitrogens with one attached hydrogen (secondary N) is 1. The summed E-state index contributed by atoms with van der Waals surface area (Å²) in [4.78, 5) is 21.3. The summed E-state index contributed by atoms with van der Waals surface area (Å²) in [6.45, 7) is 0. The van der Waals surface area contributed by atoms with Crippen LogP contribution in [0.4, 0.5) is 11.4 Å². The van der Waals surface area contributed by atoms with Gasteiger partial charge in [0.1, 0.15) is 17.3 Å². The topological polar surface area (TPSA) is 67.8 Å². The van der Waals surface area contributed by atoms with E-state index in [9.17, 15) is 9.70 Å². The number of nitrogens with zero attached hydrogens (tertiary/aromatic N) is 1. The molecule has 5 nitrogen and oxygen atoms in total. The Kier molecular flexibility index (Phi) is 4.05. The van der Waals surface area contributed by atoms with E-state index in [0.717, 1.165) is 0 Å². The fourth-order valence-corrected chi connectivity index (χ4v) is 1.09. The van der Waals surface area contributed by atoms with Crippen LogP contribution in [0.2, 0.25) is 0 Å². The number of carbonyl (C=O) groups excluding carboxylic acids is 1. The van der Waals surface area contributed by atoms with Crippen molar-refractivity contribution in [3.63, 3.8) is 0 Å². The highest BCUT2D eigenvalue weighted by molar-refractivity contribution is 6.29. The molecule has 0 fully saturated rings. The maximum absolute atomic E-state index is 11.0. The molecule has 0 aliphatic rings. The van der Waals surface area contributed by atoms with E-state index < -0.39 is 0 Å². The van der Waals surface area contributed by atoms with Gasteiger partial charge in [-0.3, -0.25) is 4.79 Å². The van der Waals surface area contributed by atoms with Gasteiger partial charge in [0, 0.05) is 6.07 Å². The van der Waals surface area contributed by atoms with E-state index in [4.69, 9.17) is 16.3 Å². The molecule has 0 aliphatic heterocycles. The number of carbonyl (C=O) groups is 1. The molecular formula is C9H9ClN2O3. The van der Waals surface area contributed by atoms with Gasteiger partial charge in [-0.1, -0.05) is 0 Å². The summed E-state index contributed by atoms with van der Waals surface area (Å²) in [7, 11) is 1.43. The van der Waals surface area contributed by atoms with Gasteiger partial charge in [-0.15, -0.1) is 16.5 Å². The second-order valence-electron chi connectivity index (χ2n) is 2.66. The highest BCUT2D eigenvalue weighted by atomic mass is 35.5. The first-order chi connectivity index (χ1) is 7.21. The third-order valence-electron chi connectivity index (χ3n) is 1.69. The molecule has 1 N–H and O–H groups in total. The van der Waals surface area contributed by atoms with Crippen molar-refractivity contribution in [1.29, 1.82) is 0 Å². The van der Waals surface area contributed by atoms with Gasteiger partial charge in [-0.05, 0) is 17.3 Å². The third kappa shape index (κ3) is 2.92. The standard InChI is InChI=1S/C9H9ClN2O3/c1-15-8-4-6(12-14)2-3-7(8)11-9(13)5-10/h2-4H,5H2,1H3,(H,11,13). The lowest BCUT2D eigenvalue weighted by Gasteiger charge is -2.08. The fourth-order valence-electron chi connectivity index (χ4n) is 1.02. The van der Waals surface area contributed by atoms with Gasteiger partial charge in [0.25, 0.3) is 0 Å². The van der Waals surface area contributed by atoms with Gasteiger partial charge in [0.2, 0.25) is 5.91 Å². The van der Waals surface area contributed by atoms with Crippen molar-refractivity contribution in [3.8, 4) is 5.75 Å². The Morgan fingerprint density at radius 2 is 2.33 bits per heavy atom. The number of benzene rings is 1. The zero-order valence-electron chi connectivity index (χ0n) is 7.99. The van der Waals surface area contributed by atoms with Gasteiger partial charge < -0.3 is 10.1 Å². The molecule has 80 valence electrons. The molecule has 1 rings (SSSR count). The zero-order valence-corrected chi connectivity index (χ0v) is 8.75. The van der Waals surface area contributed by atoms with Crippen molar-refractivity contribution >= 4 is 28.9 Å². The van der Waals surface area contributed by atoms with Gasteiger partial charge in [0.15, 0.2) is 0 Å². The Morgan fingerprint density at radius 1 is 1.60 bits per heavy atom. The number of alkyl halides is 1. The number of rotatable bonds is 4. The number of nitroso groups, excluding NO2 is 1. The predicted octanol–water partition coefficient (Wildman–Crippen LogP) is 2.27. The van der Waals surface area contributed by atoms with Crippen LogP contribution in [0, 0.1) is 4.91 Å². The molecule has 1 amide bonds. The monoisotopic (exact) mass is 228 g/mol. The normalized spacial score (nSPS) is 9.47. The lowest BCUT2D eigenvalue weighted by Crippen LogP contribution is -2.13. The predicted molar refractivity (Wildman–Crippen MR) is 57.8 cm³/mol. The molecule has 0 aliphatic carbocycles. The number of ether oxygens (including phenoxy) is 1. The van der Waals surface area contributed by atoms with Crippen molar-refractivity contribution in [1.82, 2.24) is 0 Å². The van der Waals surface area contributed by atoms with Crippen LogP contribution in [0.1, 0.15) is 0 Å². The average Bonchev–Trinajstić information content (AvgIpc) is 2.29. The van der Waals surface area contributed by atoms with Crippen molar-refractivity contribution in [2.24, 2.45) is 5.18 Å². The van der Waals surface area contributed by atoms with Crippen molar-refractivity contribution in [3.05, 3.63) is 23.1 Å². The molecule has 0 aromatic heterocycles. The summed E-state index contributed by atoms with van der Waals surface area (Å²) in [5.74, 6) is -0.121. The SMILES string of the molecule is COc1cc(N=O)ccc1NC(=O)CCl. The maximum atomic E-state index is 11.0. The average molecular weight is 229 g/mol. The minimum absolute atomic E-state index is 0.142. The zero-order chi connectivity index (χ0) is 11.3. The van der Waals surface area contributed by atoms with Crippen LogP contribution in [-0.2, 0) is 4.79 Å². The first kappa shape index (κ1) is 11.5. The smallest absolute Gasteiger partial charge is 0.239 e. The summed E-state index contributed by atoms with van der Waals surface area (Å²) in [5, 5.41) is 5.27. The molecule has 1 aromatic carbocycles. The highest BCUT2D eigenvalue weighted by Gasteiger charge is 2.07. The van der Waals surface area contributed by atoms with Gasteiger partial charge in [-0.25, -0.2) is 0 Å². The molecule has 0 bridgehead atoms. The summed E-state index contributed by atoms with van der Waals surface area (Å²) in [5.41, 5.74) is 0.686. The number of hydrogen-bond donors (Lipinski definition) is 1. The molecule has 15 heavy (non-hydrogen) atoms. The summed E-state index contributed by atoms with van der Waals surface area (Å²) >= 11 is 5.33. The second kappa shape index (κ2) is 5.31. The largest absolute Gasteiger partial charge is 0.494 e. The van der Waals surface area contributed by atoms with Crippen LogP contribution in [0.3, 0.4) is 0 Å². The van der Waals surface area contributed by atoms with E-state index in [1.165, 1.54) is 25.3 Å². The summed E-state index contributed by atoms with van der Waals surface area (Å²) in [6.07, 6.45) is 0. The first-order valence-electron chi connectivity index (χ1n) is 4.08. The fraction of sp³-hybridized carbons (Fsp3) is 0.222. The number of hydrogen-bond acceptors (Lipinski definition) is 4. The number of amides is 1. The molecule has 6 heteroatoms. The Labute approximate surface area is 91.3 Å². The Morgan fingerprint density at radius 3 is 2.87 bits per heavy atom. The van der Waals surface area contributed by atoms with Gasteiger partial charge >= 0.3 is 0 Å². The molecule has 1 aromatic rings. The van der Waals surface area contributed by atoms with Crippen LogP contribution in [0.25, 0.3) is 0 Å². The summed E-state index contributed by atoms with van der Waals surface area (Å²) in [6, 6.07) is 4.43. The number of methoxy groups -OCH3 is 1.